The van der Waals surface area contributed by atoms with Crippen LogP contribution in [0.5, 0.6) is 6.01 Å². The highest BCUT2D eigenvalue weighted by Gasteiger charge is 2.41. The van der Waals surface area contributed by atoms with Crippen LogP contribution in [-0.2, 0) is 10.9 Å². The van der Waals surface area contributed by atoms with Crippen molar-refractivity contribution in [1.29, 1.82) is 5.26 Å². The number of nitrogens with two attached hydrogens (primary N) is 1. The average molecular weight is 633 g/mol. The molecule has 2 aromatic carbocycles. The van der Waals surface area contributed by atoms with Crippen LogP contribution in [0.2, 0.25) is 0 Å². The predicted molar refractivity (Wildman–Crippen MR) is 152 cm³/mol. The van der Waals surface area contributed by atoms with Crippen molar-refractivity contribution in [3.8, 4) is 23.2 Å². The van der Waals surface area contributed by atoms with E-state index in [1.807, 2.05) is 11.0 Å². The fraction of sp³-hybridized carbons (Fsp3) is 0.414. The number of aromatic nitrogens is 2. The van der Waals surface area contributed by atoms with Crippen molar-refractivity contribution in [3.05, 3.63) is 41.0 Å². The highest BCUT2D eigenvalue weighted by atomic mass is 32.1. The largest absolute Gasteiger partial charge is 0.463 e. The Morgan fingerprint density at radius 3 is 2.55 bits per heavy atom. The van der Waals surface area contributed by atoms with Crippen molar-refractivity contribution in [2.75, 3.05) is 50.2 Å². The number of nitrogen functional groups attached to an aromatic ring is 1. The first kappa shape index (κ1) is 28.9. The molecule has 2 aromatic heterocycles. The summed E-state index contributed by atoms with van der Waals surface area (Å²) in [5, 5.41) is 22.5. The Morgan fingerprint density at radius 2 is 1.93 bits per heavy atom. The molecule has 0 radical (unpaired) electrons. The Kier molecular flexibility index (Phi) is 6.81. The van der Waals surface area contributed by atoms with E-state index >= 15 is 4.39 Å². The van der Waals surface area contributed by atoms with Crippen LogP contribution in [-0.4, -0.2) is 66.7 Å². The van der Waals surface area contributed by atoms with Gasteiger partial charge >= 0.3 is 12.2 Å². The molecule has 3 fully saturated rings. The number of hydrogen-bond acceptors (Lipinski definition) is 10. The molecule has 4 aromatic rings. The summed E-state index contributed by atoms with van der Waals surface area (Å²) in [5.74, 6) is -2.04. The number of thiophene rings is 1. The van der Waals surface area contributed by atoms with Gasteiger partial charge < -0.3 is 30.5 Å². The Morgan fingerprint density at radius 1 is 1.20 bits per heavy atom. The summed E-state index contributed by atoms with van der Waals surface area (Å²) < 4.78 is 86.8. The fourth-order valence-corrected chi connectivity index (χ4v) is 7.24. The van der Waals surface area contributed by atoms with Gasteiger partial charge in [0.05, 0.1) is 41.1 Å². The number of fused-ring (bicyclic) bond motifs is 4. The molecule has 0 spiro atoms. The topological polar surface area (TPSA) is 130 Å². The van der Waals surface area contributed by atoms with Gasteiger partial charge in [0.15, 0.2) is 5.82 Å². The molecule has 3 aliphatic heterocycles. The van der Waals surface area contributed by atoms with E-state index in [0.717, 1.165) is 31.0 Å². The van der Waals surface area contributed by atoms with Gasteiger partial charge in [-0.1, -0.05) is 6.07 Å². The molecular weight excluding hydrogens is 607 g/mol. The van der Waals surface area contributed by atoms with Crippen molar-refractivity contribution in [2.24, 2.45) is 5.41 Å². The number of ether oxygens (including phenoxy) is 2. The third-order valence-corrected chi connectivity index (χ3v) is 9.60. The summed E-state index contributed by atoms with van der Waals surface area (Å²) in [5.41, 5.74) is 1.98. The molecule has 4 N–H and O–H groups in total. The Hall–Kier alpha value is -3.84. The molecule has 0 saturated carbocycles. The van der Waals surface area contributed by atoms with Crippen LogP contribution in [0.1, 0.15) is 24.0 Å². The Bertz CT molecular complexity index is 1840. The van der Waals surface area contributed by atoms with Crippen molar-refractivity contribution in [1.82, 2.24) is 15.3 Å². The van der Waals surface area contributed by atoms with Crippen LogP contribution in [0, 0.1) is 28.4 Å². The number of benzene rings is 2. The molecular formula is C29H25F5N6O3S. The second-order valence-electron chi connectivity index (χ2n) is 11.6. The van der Waals surface area contributed by atoms with Gasteiger partial charge in [-0.2, -0.15) is 28.4 Å². The minimum Gasteiger partial charge on any atom is -0.463 e. The van der Waals surface area contributed by atoms with Gasteiger partial charge in [0.25, 0.3) is 0 Å². The number of alkyl halides is 3. The predicted octanol–water partition coefficient (Wildman–Crippen LogP) is 4.59. The third-order valence-electron chi connectivity index (χ3n) is 8.57. The minimum atomic E-state index is -5.05. The normalized spacial score (nSPS) is 21.1. The van der Waals surface area contributed by atoms with Crippen LogP contribution in [0.4, 0.5) is 32.8 Å². The van der Waals surface area contributed by atoms with E-state index in [9.17, 15) is 27.9 Å². The highest BCUT2D eigenvalue weighted by Crippen LogP contribution is 2.48. The molecule has 2 atom stereocenters. The van der Waals surface area contributed by atoms with Crippen LogP contribution >= 0.6 is 11.3 Å². The standard InChI is InChI=1S/C29H25F5N6O3S/c30-19-4-3-15(20-17(6-35)25(36)44-24(19)20)21-18(29(32,33)34)5-16-23(22(21)31)38-27(43-12-28(9-41)10-42-11-28)39-26(16)40-7-13-1-2-14(8-40)37-13/h3-5,13-14,37,41H,1-2,7-12,36H2. The van der Waals surface area contributed by atoms with E-state index in [0.29, 0.717) is 24.4 Å². The van der Waals surface area contributed by atoms with Crippen LogP contribution in [0.3, 0.4) is 0 Å². The molecule has 2 unspecified atom stereocenters. The first-order chi connectivity index (χ1) is 21.0. The number of nitriles is 1. The molecule has 15 heteroatoms. The average Bonchev–Trinajstić information content (AvgIpc) is 3.50. The van der Waals surface area contributed by atoms with Gasteiger partial charge in [-0.05, 0) is 30.5 Å². The number of nitrogens with one attached hydrogen (secondary N) is 1. The zero-order valence-electron chi connectivity index (χ0n) is 23.0. The number of aliphatic hydroxyl groups excluding tert-OH is 1. The number of halogens is 5. The molecule has 9 nitrogen and oxygen atoms in total. The summed E-state index contributed by atoms with van der Waals surface area (Å²) in [6, 6.07) is 4.45. The summed E-state index contributed by atoms with van der Waals surface area (Å²) in [7, 11) is 0. The first-order valence-electron chi connectivity index (χ1n) is 13.9. The first-order valence-corrected chi connectivity index (χ1v) is 14.7. The molecule has 230 valence electrons. The van der Waals surface area contributed by atoms with Gasteiger partial charge in [0.2, 0.25) is 0 Å². The van der Waals surface area contributed by atoms with Gasteiger partial charge in [0, 0.05) is 41.5 Å². The number of aliphatic hydroxyl groups is 1. The van der Waals surface area contributed by atoms with Crippen molar-refractivity contribution < 1.29 is 36.5 Å². The van der Waals surface area contributed by atoms with E-state index in [1.54, 1.807) is 0 Å². The maximum absolute atomic E-state index is 16.8. The van der Waals surface area contributed by atoms with Crippen LogP contribution in [0.15, 0.2) is 18.2 Å². The van der Waals surface area contributed by atoms with E-state index in [4.69, 9.17) is 15.2 Å². The SMILES string of the molecule is N#Cc1c(N)sc2c(F)ccc(-c3c(C(F)(F)F)cc4c(N5CC6CCC(C5)N6)nc(OCC5(CO)COC5)nc4c3F)c12. The fourth-order valence-electron chi connectivity index (χ4n) is 6.29. The lowest BCUT2D eigenvalue weighted by Crippen LogP contribution is -2.51. The summed E-state index contributed by atoms with van der Waals surface area (Å²) in [6.07, 6.45) is -3.29. The lowest BCUT2D eigenvalue weighted by Gasteiger charge is -2.39. The van der Waals surface area contributed by atoms with Gasteiger partial charge in [0.1, 0.15) is 34.8 Å². The van der Waals surface area contributed by atoms with Gasteiger partial charge in [-0.25, -0.2) is 8.78 Å². The zero-order chi connectivity index (χ0) is 31.0. The van der Waals surface area contributed by atoms with Crippen molar-refractivity contribution >= 4 is 43.1 Å². The Labute approximate surface area is 251 Å². The van der Waals surface area contributed by atoms with Gasteiger partial charge in [-0.15, -0.1) is 11.3 Å². The van der Waals surface area contributed by atoms with E-state index in [-0.39, 0.29) is 81.9 Å². The zero-order valence-corrected chi connectivity index (χ0v) is 23.8. The number of anilines is 2. The van der Waals surface area contributed by atoms with Gasteiger partial charge in [-0.3, -0.25) is 0 Å². The molecule has 2 bridgehead atoms. The number of rotatable bonds is 6. The monoisotopic (exact) mass is 632 g/mol. The molecule has 3 aliphatic rings. The number of piperazine rings is 1. The third kappa shape index (κ3) is 4.59. The van der Waals surface area contributed by atoms with E-state index in [2.05, 4.69) is 15.3 Å². The minimum absolute atomic E-state index is 0.0609. The smallest absolute Gasteiger partial charge is 0.417 e. The number of nitrogens with zero attached hydrogens (tertiary/aromatic N) is 4. The summed E-state index contributed by atoms with van der Waals surface area (Å²) in [6.45, 7) is 1.01. The van der Waals surface area contributed by atoms with Crippen LogP contribution < -0.4 is 20.7 Å². The van der Waals surface area contributed by atoms with E-state index < -0.39 is 39.9 Å². The second-order valence-corrected chi connectivity index (χ2v) is 12.6. The Balaban J connectivity index is 1.49. The maximum atomic E-state index is 16.8. The molecule has 7 rings (SSSR count). The molecule has 0 aliphatic carbocycles. The molecule has 5 heterocycles. The lowest BCUT2D eigenvalue weighted by molar-refractivity contribution is -0.154. The maximum Gasteiger partial charge on any atom is 0.417 e. The molecule has 3 saturated heterocycles. The highest BCUT2D eigenvalue weighted by molar-refractivity contribution is 7.23. The molecule has 44 heavy (non-hydrogen) atoms. The quantitative estimate of drug-likeness (QED) is 0.262. The summed E-state index contributed by atoms with van der Waals surface area (Å²) in [4.78, 5) is 10.5. The second kappa shape index (κ2) is 10.4. The number of hydrogen-bond donors (Lipinski definition) is 3. The van der Waals surface area contributed by atoms with E-state index in [1.165, 1.54) is 0 Å². The summed E-state index contributed by atoms with van der Waals surface area (Å²) >= 11 is 0.698. The molecule has 0 amide bonds. The van der Waals surface area contributed by atoms with Crippen LogP contribution in [0.25, 0.3) is 32.1 Å². The van der Waals surface area contributed by atoms with Crippen molar-refractivity contribution in [2.45, 2.75) is 31.1 Å². The van der Waals surface area contributed by atoms with Crippen molar-refractivity contribution in [3.63, 3.8) is 0 Å². The lowest BCUT2D eigenvalue weighted by atomic mass is 9.88.